The molecule has 0 fully saturated rings. The summed E-state index contributed by atoms with van der Waals surface area (Å²) in [5.41, 5.74) is -0.357. The van der Waals surface area contributed by atoms with Crippen LogP contribution in [-0.2, 0) is 4.79 Å². The van der Waals surface area contributed by atoms with Gasteiger partial charge in [-0.15, -0.1) is 12.3 Å². The summed E-state index contributed by atoms with van der Waals surface area (Å²) in [6.45, 7) is 0. The van der Waals surface area contributed by atoms with Crippen molar-refractivity contribution in [3.63, 3.8) is 0 Å². The van der Waals surface area contributed by atoms with Crippen LogP contribution in [-0.4, -0.2) is 34.1 Å². The fraction of sp³-hybridized carbons (Fsp3) is 0.273. The van der Waals surface area contributed by atoms with E-state index in [1.165, 1.54) is 19.2 Å². The van der Waals surface area contributed by atoms with Gasteiger partial charge in [0.1, 0.15) is 6.04 Å². The number of ether oxygens (including phenoxy) is 1. The third-order valence-electron chi connectivity index (χ3n) is 2.19. The van der Waals surface area contributed by atoms with E-state index >= 15 is 0 Å². The molecular formula is C11H11N3O5. The average Bonchev–Trinajstić information content (AvgIpc) is 2.37. The Balaban J connectivity index is 3.12. The Hall–Kier alpha value is -2.82. The van der Waals surface area contributed by atoms with Crippen LogP contribution in [0.25, 0.3) is 0 Å². The summed E-state index contributed by atoms with van der Waals surface area (Å²) in [7, 11) is 1.34. The van der Waals surface area contributed by atoms with Gasteiger partial charge in [-0.2, -0.15) is 4.98 Å². The molecule has 0 bridgehead atoms. The second kappa shape index (κ2) is 6.20. The molecule has 0 saturated carbocycles. The zero-order valence-electron chi connectivity index (χ0n) is 9.99. The summed E-state index contributed by atoms with van der Waals surface area (Å²) in [6.07, 6.45) is 4.91. The lowest BCUT2D eigenvalue weighted by atomic mass is 10.2. The maximum Gasteiger partial charge on any atom is 0.327 e. The van der Waals surface area contributed by atoms with Gasteiger partial charge < -0.3 is 15.2 Å². The number of rotatable bonds is 6. The van der Waals surface area contributed by atoms with Crippen molar-refractivity contribution in [2.75, 3.05) is 12.4 Å². The topological polar surface area (TPSA) is 115 Å². The monoisotopic (exact) mass is 265 g/mol. The van der Waals surface area contributed by atoms with Crippen molar-refractivity contribution >= 4 is 17.5 Å². The Bertz CT molecular complexity index is 538. The summed E-state index contributed by atoms with van der Waals surface area (Å²) in [4.78, 5) is 24.9. The number of nitrogens with zero attached hydrogens (tertiary/aromatic N) is 2. The van der Waals surface area contributed by atoms with Crippen LogP contribution in [0, 0.1) is 22.5 Å². The quantitative estimate of drug-likeness (QED) is 0.445. The fourth-order valence-electron chi connectivity index (χ4n) is 1.28. The number of hydrogen-bond donors (Lipinski definition) is 2. The second-order valence-electron chi connectivity index (χ2n) is 3.42. The predicted molar refractivity (Wildman–Crippen MR) is 65.9 cm³/mol. The van der Waals surface area contributed by atoms with Crippen molar-refractivity contribution in [3.8, 4) is 18.2 Å². The average molecular weight is 265 g/mol. The Morgan fingerprint density at radius 2 is 2.42 bits per heavy atom. The first-order valence-electron chi connectivity index (χ1n) is 5.11. The number of aliphatic carboxylic acids is 1. The van der Waals surface area contributed by atoms with E-state index in [-0.39, 0.29) is 23.8 Å². The van der Waals surface area contributed by atoms with Gasteiger partial charge in [-0.1, -0.05) is 0 Å². The molecule has 0 aliphatic rings. The van der Waals surface area contributed by atoms with E-state index in [1.54, 1.807) is 0 Å². The first kappa shape index (κ1) is 14.2. The normalized spacial score (nSPS) is 11.2. The molecule has 1 rings (SSSR count). The van der Waals surface area contributed by atoms with Gasteiger partial charge in [0.05, 0.1) is 12.0 Å². The number of aromatic nitrogens is 1. The van der Waals surface area contributed by atoms with Gasteiger partial charge in [0.15, 0.2) is 0 Å². The molecule has 0 spiro atoms. The molecule has 0 aliphatic carbocycles. The SMILES string of the molecule is C#CCC(Nc1nc(OC)ccc1[N+](=O)[O-])C(=O)O. The van der Waals surface area contributed by atoms with Gasteiger partial charge in [-0.25, -0.2) is 4.79 Å². The number of carbonyl (C=O) groups is 1. The molecule has 2 N–H and O–H groups in total. The van der Waals surface area contributed by atoms with E-state index in [2.05, 4.69) is 16.2 Å². The molecule has 1 aromatic heterocycles. The summed E-state index contributed by atoms with van der Waals surface area (Å²) in [6, 6.07) is 1.31. The lowest BCUT2D eigenvalue weighted by Crippen LogP contribution is -2.29. The van der Waals surface area contributed by atoms with E-state index in [1.807, 2.05) is 0 Å². The molecule has 100 valence electrons. The van der Waals surface area contributed by atoms with E-state index in [0.717, 1.165) is 0 Å². The van der Waals surface area contributed by atoms with Crippen molar-refractivity contribution in [3.05, 3.63) is 22.2 Å². The molecule has 0 aromatic carbocycles. The van der Waals surface area contributed by atoms with Gasteiger partial charge in [0.25, 0.3) is 0 Å². The smallest absolute Gasteiger partial charge is 0.327 e. The highest BCUT2D eigenvalue weighted by molar-refractivity contribution is 5.78. The molecule has 1 aromatic rings. The number of nitrogens with one attached hydrogen (secondary N) is 1. The van der Waals surface area contributed by atoms with Crippen molar-refractivity contribution in [1.29, 1.82) is 0 Å². The lowest BCUT2D eigenvalue weighted by molar-refractivity contribution is -0.384. The lowest BCUT2D eigenvalue weighted by Gasteiger charge is -2.13. The van der Waals surface area contributed by atoms with Crippen LogP contribution in [0.1, 0.15) is 6.42 Å². The van der Waals surface area contributed by atoms with Crippen LogP contribution >= 0.6 is 0 Å². The number of nitro groups is 1. The molecule has 1 atom stereocenters. The predicted octanol–water partition coefficient (Wildman–Crippen LogP) is 0.887. The Labute approximate surface area is 108 Å². The van der Waals surface area contributed by atoms with Gasteiger partial charge >= 0.3 is 11.7 Å². The second-order valence-corrected chi connectivity index (χ2v) is 3.42. The number of carboxylic acid groups (broad SMARTS) is 1. The van der Waals surface area contributed by atoms with E-state index < -0.39 is 16.9 Å². The Kier molecular flexibility index (Phi) is 4.65. The molecule has 0 amide bonds. The van der Waals surface area contributed by atoms with Crippen molar-refractivity contribution in [2.24, 2.45) is 0 Å². The Morgan fingerprint density at radius 1 is 1.74 bits per heavy atom. The minimum atomic E-state index is -1.23. The number of anilines is 1. The van der Waals surface area contributed by atoms with Crippen LogP contribution in [0.5, 0.6) is 5.88 Å². The largest absolute Gasteiger partial charge is 0.481 e. The fourth-order valence-corrected chi connectivity index (χ4v) is 1.28. The molecule has 8 nitrogen and oxygen atoms in total. The van der Waals surface area contributed by atoms with Gasteiger partial charge in [-0.3, -0.25) is 10.1 Å². The molecule has 8 heteroatoms. The summed E-state index contributed by atoms with van der Waals surface area (Å²) in [5, 5.41) is 22.2. The molecule has 0 saturated heterocycles. The summed E-state index contributed by atoms with van der Waals surface area (Å²) in [5.74, 6) is 0.871. The number of terminal acetylenes is 1. The third kappa shape index (κ3) is 3.57. The van der Waals surface area contributed by atoms with Crippen LogP contribution in [0.15, 0.2) is 12.1 Å². The first-order valence-corrected chi connectivity index (χ1v) is 5.11. The minimum absolute atomic E-state index is 0.123. The van der Waals surface area contributed by atoms with Gasteiger partial charge in [0.2, 0.25) is 11.7 Å². The Morgan fingerprint density at radius 3 is 2.89 bits per heavy atom. The van der Waals surface area contributed by atoms with Gasteiger partial charge in [-0.05, 0) is 0 Å². The van der Waals surface area contributed by atoms with Crippen molar-refractivity contribution in [1.82, 2.24) is 4.98 Å². The zero-order chi connectivity index (χ0) is 14.4. The van der Waals surface area contributed by atoms with E-state index in [9.17, 15) is 14.9 Å². The molecule has 19 heavy (non-hydrogen) atoms. The van der Waals surface area contributed by atoms with Crippen LogP contribution in [0.2, 0.25) is 0 Å². The highest BCUT2D eigenvalue weighted by Crippen LogP contribution is 2.25. The number of hydrogen-bond acceptors (Lipinski definition) is 6. The molecular weight excluding hydrogens is 254 g/mol. The molecule has 1 unspecified atom stereocenters. The summed E-state index contributed by atoms with van der Waals surface area (Å²) < 4.78 is 4.83. The molecule has 1 heterocycles. The van der Waals surface area contributed by atoms with Crippen molar-refractivity contribution in [2.45, 2.75) is 12.5 Å². The first-order chi connectivity index (χ1) is 8.99. The van der Waals surface area contributed by atoms with E-state index in [4.69, 9.17) is 16.3 Å². The highest BCUT2D eigenvalue weighted by atomic mass is 16.6. The third-order valence-corrected chi connectivity index (χ3v) is 2.19. The van der Waals surface area contributed by atoms with Crippen molar-refractivity contribution < 1.29 is 19.6 Å². The highest BCUT2D eigenvalue weighted by Gasteiger charge is 2.23. The van der Waals surface area contributed by atoms with Gasteiger partial charge in [0, 0.05) is 18.6 Å². The van der Waals surface area contributed by atoms with E-state index in [0.29, 0.717) is 0 Å². The van der Waals surface area contributed by atoms with Crippen LogP contribution < -0.4 is 10.1 Å². The maximum absolute atomic E-state index is 10.9. The number of methoxy groups -OCH3 is 1. The number of carboxylic acids is 1. The maximum atomic E-state index is 10.9. The van der Waals surface area contributed by atoms with Crippen LogP contribution in [0.3, 0.4) is 0 Å². The zero-order valence-corrected chi connectivity index (χ0v) is 9.99. The standard InChI is InChI=1S/C11H11N3O5/c1-3-4-7(11(15)16)12-10-8(14(17)18)5-6-9(13-10)19-2/h1,5-7H,4H2,2H3,(H,12,13)(H,15,16). The molecule has 0 radical (unpaired) electrons. The minimum Gasteiger partial charge on any atom is -0.481 e. The van der Waals surface area contributed by atoms with Crippen LogP contribution in [0.4, 0.5) is 11.5 Å². The molecule has 0 aliphatic heterocycles. The summed E-state index contributed by atoms with van der Waals surface area (Å²) >= 11 is 0. The number of pyridine rings is 1.